The van der Waals surface area contributed by atoms with Crippen LogP contribution in [-0.2, 0) is 19.6 Å². The summed E-state index contributed by atoms with van der Waals surface area (Å²) in [5, 5.41) is 22.1. The molecule has 7 rings (SSSR count). The average Bonchev–Trinajstić information content (AvgIpc) is 4.07. The van der Waals surface area contributed by atoms with Gasteiger partial charge in [0, 0.05) is 38.2 Å². The van der Waals surface area contributed by atoms with Crippen molar-refractivity contribution in [2.75, 3.05) is 40.8 Å². The summed E-state index contributed by atoms with van der Waals surface area (Å²) in [4.78, 5) is 6.89. The molecule has 3 aromatic heterocycles. The lowest BCUT2D eigenvalue weighted by molar-refractivity contribution is 0.242. The second-order valence-electron chi connectivity index (χ2n) is 16.1. The highest BCUT2D eigenvalue weighted by Gasteiger charge is 2.11. The van der Waals surface area contributed by atoms with Crippen molar-refractivity contribution < 1.29 is 9.47 Å². The van der Waals surface area contributed by atoms with Crippen molar-refractivity contribution in [1.82, 2.24) is 44.0 Å². The molecule has 3 heterocycles. The normalized spacial score (nSPS) is 11.0. The summed E-state index contributed by atoms with van der Waals surface area (Å²) < 4.78 is 17.4. The van der Waals surface area contributed by atoms with E-state index in [4.69, 9.17) is 14.7 Å². The topological polar surface area (TPSA) is 105 Å². The Bertz CT molecular complexity index is 2400. The minimum atomic E-state index is 0.193. The molecular formula is C52H66N10O2. The molecule has 4 aromatic carbocycles. The first-order chi connectivity index (χ1) is 31.1. The van der Waals surface area contributed by atoms with Crippen LogP contribution in [0.4, 0.5) is 0 Å². The fourth-order valence-electron chi connectivity index (χ4n) is 7.16. The Morgan fingerprint density at radius 3 is 1.22 bits per heavy atom. The van der Waals surface area contributed by atoms with Crippen LogP contribution in [0, 0.1) is 11.3 Å². The summed E-state index contributed by atoms with van der Waals surface area (Å²) in [6.45, 7) is 16.5. The van der Waals surface area contributed by atoms with Gasteiger partial charge in [0.1, 0.15) is 17.2 Å². The Kier molecular flexibility index (Phi) is 19.4. The molecule has 0 saturated carbocycles. The number of hydrogen-bond acceptors (Lipinski definition) is 9. The number of nitriles is 1. The zero-order valence-electron chi connectivity index (χ0n) is 39.0. The molecule has 0 unspecified atom stereocenters. The molecule has 0 aliphatic carbocycles. The highest BCUT2D eigenvalue weighted by atomic mass is 16.5. The second kappa shape index (κ2) is 25.6. The number of hydrogen-bond donors (Lipinski definition) is 0. The van der Waals surface area contributed by atoms with E-state index >= 15 is 0 Å². The predicted octanol–water partition coefficient (Wildman–Crippen LogP) is 10.6. The van der Waals surface area contributed by atoms with Crippen LogP contribution in [0.1, 0.15) is 76.5 Å². The maximum absolute atomic E-state index is 8.81. The Hall–Kier alpha value is -6.52. The van der Waals surface area contributed by atoms with E-state index in [1.165, 1.54) is 11.4 Å². The first kappa shape index (κ1) is 48.5. The molecule has 12 heteroatoms. The van der Waals surface area contributed by atoms with Crippen LogP contribution in [0.2, 0.25) is 0 Å². The zero-order chi connectivity index (χ0) is 45.7. The van der Waals surface area contributed by atoms with Crippen molar-refractivity contribution in [1.29, 1.82) is 5.26 Å². The van der Waals surface area contributed by atoms with Gasteiger partial charge in [-0.05, 0) is 177 Å². The summed E-state index contributed by atoms with van der Waals surface area (Å²) in [6, 6.07) is 41.7. The largest absolute Gasteiger partial charge is 0.491 e. The Morgan fingerprint density at radius 2 is 0.859 bits per heavy atom. The zero-order valence-corrected chi connectivity index (χ0v) is 39.0. The van der Waals surface area contributed by atoms with Gasteiger partial charge >= 0.3 is 0 Å². The molecule has 0 amide bonds. The Labute approximate surface area is 380 Å². The molecule has 0 saturated heterocycles. The maximum atomic E-state index is 8.81. The molecule has 0 aliphatic heterocycles. The maximum Gasteiger partial charge on any atom is 0.127 e. The summed E-state index contributed by atoms with van der Waals surface area (Å²) in [7, 11) is 6.39. The summed E-state index contributed by atoms with van der Waals surface area (Å²) in [6.07, 6.45) is 9.16. The minimum absolute atomic E-state index is 0.193. The summed E-state index contributed by atoms with van der Waals surface area (Å²) in [5.41, 5.74) is 7.30. The first-order valence-electron chi connectivity index (χ1n) is 22.4. The molecule has 0 spiro atoms. The standard InChI is InChI=1S/C20H23N3O.C17H25N3O.C15H18N4/c1-3-15-22(2)16-18-13-14-21-23(18)17-9-11-20(12-10-17)24-19-7-5-4-6-8-19;1-5-12-19(4)13-16-10-11-18-20(16)15-6-8-17(9-7-15)21-14(2)3;1-3-10-18(2)12-15-8-9-17-19(15)14-6-4-13(11-16)5-7-14/h4-14H,3,15-16H2,1-2H3;6-11,14H,5,12-13H2,1-4H3;4-9H,3,10,12H2,1-2H3. The van der Waals surface area contributed by atoms with E-state index in [1.54, 1.807) is 0 Å². The Morgan fingerprint density at radius 1 is 0.500 bits per heavy atom. The smallest absolute Gasteiger partial charge is 0.127 e. The fraction of sp³-hybridized carbons (Fsp3) is 0.346. The van der Waals surface area contributed by atoms with Gasteiger partial charge in [0.25, 0.3) is 0 Å². The van der Waals surface area contributed by atoms with E-state index in [9.17, 15) is 0 Å². The highest BCUT2D eigenvalue weighted by molar-refractivity contribution is 5.41. The van der Waals surface area contributed by atoms with Gasteiger partial charge in [-0.1, -0.05) is 39.0 Å². The van der Waals surface area contributed by atoms with E-state index in [1.807, 2.05) is 156 Å². The van der Waals surface area contributed by atoms with Crippen LogP contribution in [0.25, 0.3) is 17.1 Å². The van der Waals surface area contributed by atoms with Crippen LogP contribution in [0.5, 0.6) is 17.2 Å². The predicted molar refractivity (Wildman–Crippen MR) is 258 cm³/mol. The molecule has 12 nitrogen and oxygen atoms in total. The molecule has 64 heavy (non-hydrogen) atoms. The van der Waals surface area contributed by atoms with Crippen LogP contribution in [0.3, 0.4) is 0 Å². The highest BCUT2D eigenvalue weighted by Crippen LogP contribution is 2.23. The lowest BCUT2D eigenvalue weighted by Gasteiger charge is -2.16. The van der Waals surface area contributed by atoms with Gasteiger partial charge < -0.3 is 24.2 Å². The van der Waals surface area contributed by atoms with E-state index in [2.05, 4.69) is 90.1 Å². The first-order valence-corrected chi connectivity index (χ1v) is 22.4. The van der Waals surface area contributed by atoms with Crippen molar-refractivity contribution in [3.05, 3.63) is 163 Å². The molecule has 336 valence electrons. The SMILES string of the molecule is CCCN(C)Cc1ccnn1-c1ccc(C#N)cc1.CCCN(C)Cc1ccnn1-c1ccc(OC(C)C)cc1.CCCN(C)Cc1ccnn1-c1ccc(Oc2ccccc2)cc1. The number of benzene rings is 4. The van der Waals surface area contributed by atoms with Gasteiger partial charge in [-0.3, -0.25) is 0 Å². The molecule has 0 atom stereocenters. The number of para-hydroxylation sites is 1. The van der Waals surface area contributed by atoms with Crippen molar-refractivity contribution in [3.63, 3.8) is 0 Å². The molecule has 0 radical (unpaired) electrons. The lowest BCUT2D eigenvalue weighted by atomic mass is 10.2. The fourth-order valence-corrected chi connectivity index (χ4v) is 7.16. The van der Waals surface area contributed by atoms with Gasteiger partial charge in [0.2, 0.25) is 0 Å². The van der Waals surface area contributed by atoms with E-state index in [-0.39, 0.29) is 6.10 Å². The van der Waals surface area contributed by atoms with Crippen molar-refractivity contribution in [2.24, 2.45) is 0 Å². The van der Waals surface area contributed by atoms with Crippen molar-refractivity contribution in [2.45, 2.75) is 79.6 Å². The van der Waals surface area contributed by atoms with Gasteiger partial charge in [-0.15, -0.1) is 0 Å². The van der Waals surface area contributed by atoms with Crippen molar-refractivity contribution >= 4 is 0 Å². The van der Waals surface area contributed by atoms with Crippen LogP contribution in [0.15, 0.2) is 140 Å². The van der Waals surface area contributed by atoms with Crippen LogP contribution in [-0.4, -0.2) is 90.9 Å². The van der Waals surface area contributed by atoms with Crippen LogP contribution < -0.4 is 9.47 Å². The van der Waals surface area contributed by atoms with E-state index in [0.29, 0.717) is 5.56 Å². The lowest BCUT2D eigenvalue weighted by Crippen LogP contribution is -2.20. The average molecular weight is 863 g/mol. The monoisotopic (exact) mass is 863 g/mol. The number of rotatable bonds is 19. The molecule has 0 fully saturated rings. The van der Waals surface area contributed by atoms with E-state index in [0.717, 1.165) is 98.5 Å². The molecule has 0 aliphatic rings. The number of aromatic nitrogens is 6. The number of ether oxygens (including phenoxy) is 2. The Balaban J connectivity index is 0.000000182. The van der Waals surface area contributed by atoms with Crippen molar-refractivity contribution in [3.8, 4) is 40.4 Å². The summed E-state index contributed by atoms with van der Waals surface area (Å²) >= 11 is 0. The third kappa shape index (κ3) is 15.1. The third-order valence-corrected chi connectivity index (χ3v) is 10.0. The molecular weight excluding hydrogens is 797 g/mol. The number of nitrogens with zero attached hydrogens (tertiary/aromatic N) is 10. The minimum Gasteiger partial charge on any atom is -0.491 e. The molecule has 7 aromatic rings. The van der Waals surface area contributed by atoms with Gasteiger partial charge in [0.15, 0.2) is 0 Å². The third-order valence-electron chi connectivity index (χ3n) is 10.0. The van der Waals surface area contributed by atoms with Gasteiger partial charge in [-0.25, -0.2) is 14.0 Å². The molecule has 0 N–H and O–H groups in total. The molecule has 0 bridgehead atoms. The quantitative estimate of drug-likeness (QED) is 0.0786. The second-order valence-corrected chi connectivity index (χ2v) is 16.1. The van der Waals surface area contributed by atoms with Crippen LogP contribution >= 0.6 is 0 Å². The van der Waals surface area contributed by atoms with Gasteiger partial charge in [0.05, 0.1) is 51.9 Å². The van der Waals surface area contributed by atoms with E-state index < -0.39 is 0 Å². The van der Waals surface area contributed by atoms with Gasteiger partial charge in [-0.2, -0.15) is 20.6 Å². The summed E-state index contributed by atoms with van der Waals surface area (Å²) in [5.74, 6) is 2.55.